The highest BCUT2D eigenvalue weighted by Crippen LogP contribution is 2.13. The molecular weight excluding hydrogens is 230 g/mol. The molecule has 0 aliphatic rings. The van der Waals surface area contributed by atoms with E-state index in [9.17, 15) is 4.79 Å². The van der Waals surface area contributed by atoms with Crippen LogP contribution in [-0.4, -0.2) is 30.1 Å². The molecule has 0 spiro atoms. The lowest BCUT2D eigenvalue weighted by Crippen LogP contribution is -2.45. The van der Waals surface area contributed by atoms with Gasteiger partial charge in [0.2, 0.25) is 0 Å². The normalized spacial score (nSPS) is 11.1. The number of hydrogen-bond donors (Lipinski definition) is 2. The molecule has 0 fully saturated rings. The monoisotopic (exact) mass is 251 g/mol. The Balaban J connectivity index is 2.71. The summed E-state index contributed by atoms with van der Waals surface area (Å²) >= 11 is 0. The molecule has 0 saturated heterocycles. The molecule has 1 heterocycles. The Kier molecular flexibility index (Phi) is 5.09. The highest BCUT2D eigenvalue weighted by molar-refractivity contribution is 5.89. The van der Waals surface area contributed by atoms with Crippen LogP contribution in [-0.2, 0) is 4.74 Å². The number of rotatable bonds is 6. The first-order chi connectivity index (χ1) is 8.54. The van der Waals surface area contributed by atoms with E-state index >= 15 is 0 Å². The third kappa shape index (κ3) is 3.70. The third-order valence-electron chi connectivity index (χ3n) is 3.21. The lowest BCUT2D eigenvalue weighted by Gasteiger charge is -2.27. The van der Waals surface area contributed by atoms with Crippen LogP contribution in [0.25, 0.3) is 0 Å². The van der Waals surface area contributed by atoms with E-state index in [2.05, 4.69) is 28.9 Å². The van der Waals surface area contributed by atoms with E-state index in [0.717, 1.165) is 12.8 Å². The van der Waals surface area contributed by atoms with Crippen LogP contribution in [0.3, 0.4) is 0 Å². The van der Waals surface area contributed by atoms with Crippen LogP contribution in [0.5, 0.6) is 0 Å². The summed E-state index contributed by atoms with van der Waals surface area (Å²) in [6, 6.07) is 3.28. The highest BCUT2D eigenvalue weighted by atomic mass is 16.5. The molecule has 1 aromatic rings. The van der Waals surface area contributed by atoms with Gasteiger partial charge < -0.3 is 15.8 Å². The van der Waals surface area contributed by atoms with Crippen molar-refractivity contribution in [3.05, 3.63) is 23.9 Å². The van der Waals surface area contributed by atoms with Gasteiger partial charge in [-0.1, -0.05) is 13.8 Å². The molecule has 0 unspecified atom stereocenters. The molecule has 5 nitrogen and oxygen atoms in total. The average Bonchev–Trinajstić information content (AvgIpc) is 2.44. The predicted octanol–water partition coefficient (Wildman–Crippen LogP) is 1.80. The summed E-state index contributed by atoms with van der Waals surface area (Å²) in [6.07, 6.45) is 3.34. The Labute approximate surface area is 108 Å². The van der Waals surface area contributed by atoms with Crippen LogP contribution < -0.4 is 11.1 Å². The Morgan fingerprint density at radius 2 is 2.17 bits per heavy atom. The van der Waals surface area contributed by atoms with E-state index < -0.39 is 0 Å². The minimum absolute atomic E-state index is 0.247. The molecular formula is C13H21N3O2. The SMILES string of the molecule is CCC(N)(CC)CNc1cc(C(=O)OC)ccn1. The number of nitrogens with one attached hydrogen (secondary N) is 1. The first-order valence-electron chi connectivity index (χ1n) is 6.11. The number of carbonyl (C=O) groups excluding carboxylic acids is 1. The Morgan fingerprint density at radius 3 is 2.72 bits per heavy atom. The van der Waals surface area contributed by atoms with E-state index in [-0.39, 0.29) is 11.5 Å². The van der Waals surface area contributed by atoms with Gasteiger partial charge in [-0.25, -0.2) is 9.78 Å². The lowest BCUT2D eigenvalue weighted by atomic mass is 9.94. The first-order valence-corrected chi connectivity index (χ1v) is 6.11. The molecule has 5 heteroatoms. The maximum atomic E-state index is 11.4. The number of aromatic nitrogens is 1. The number of carbonyl (C=O) groups is 1. The smallest absolute Gasteiger partial charge is 0.338 e. The fourth-order valence-corrected chi connectivity index (χ4v) is 1.54. The number of nitrogens with two attached hydrogens (primary N) is 1. The van der Waals surface area contributed by atoms with Crippen molar-refractivity contribution in [1.29, 1.82) is 0 Å². The van der Waals surface area contributed by atoms with Crippen molar-refractivity contribution in [3.8, 4) is 0 Å². The van der Waals surface area contributed by atoms with Crippen LogP contribution in [0, 0.1) is 0 Å². The average molecular weight is 251 g/mol. The van der Waals surface area contributed by atoms with E-state index in [1.54, 1.807) is 18.3 Å². The fourth-order valence-electron chi connectivity index (χ4n) is 1.54. The van der Waals surface area contributed by atoms with Gasteiger partial charge in [0.25, 0.3) is 0 Å². The molecule has 0 atom stereocenters. The molecule has 1 aromatic heterocycles. The second-order valence-electron chi connectivity index (χ2n) is 4.34. The van der Waals surface area contributed by atoms with E-state index in [0.29, 0.717) is 17.9 Å². The first kappa shape index (κ1) is 14.4. The largest absolute Gasteiger partial charge is 0.465 e. The number of anilines is 1. The minimum atomic E-state index is -0.370. The topological polar surface area (TPSA) is 77.2 Å². The molecule has 0 radical (unpaired) electrons. The van der Waals surface area contributed by atoms with Gasteiger partial charge in [0.1, 0.15) is 5.82 Å². The van der Waals surface area contributed by atoms with Gasteiger partial charge in [0.15, 0.2) is 0 Å². The Morgan fingerprint density at radius 1 is 1.50 bits per heavy atom. The summed E-state index contributed by atoms with van der Waals surface area (Å²) < 4.78 is 4.66. The zero-order valence-corrected chi connectivity index (χ0v) is 11.2. The van der Waals surface area contributed by atoms with Crippen molar-refractivity contribution >= 4 is 11.8 Å². The van der Waals surface area contributed by atoms with Crippen molar-refractivity contribution in [2.75, 3.05) is 19.0 Å². The van der Waals surface area contributed by atoms with E-state index in [1.807, 2.05) is 0 Å². The predicted molar refractivity (Wildman–Crippen MR) is 71.6 cm³/mol. The summed E-state index contributed by atoms with van der Waals surface area (Å²) in [6.45, 7) is 4.74. The molecule has 0 bridgehead atoms. The van der Waals surface area contributed by atoms with Gasteiger partial charge in [-0.15, -0.1) is 0 Å². The number of hydrogen-bond acceptors (Lipinski definition) is 5. The minimum Gasteiger partial charge on any atom is -0.465 e. The summed E-state index contributed by atoms with van der Waals surface area (Å²) in [5.74, 6) is 0.264. The number of esters is 1. The van der Waals surface area contributed by atoms with Gasteiger partial charge in [-0.2, -0.15) is 0 Å². The van der Waals surface area contributed by atoms with Crippen LogP contribution in [0.1, 0.15) is 37.0 Å². The van der Waals surface area contributed by atoms with Crippen LogP contribution in [0.4, 0.5) is 5.82 Å². The number of ether oxygens (including phenoxy) is 1. The van der Waals surface area contributed by atoms with Crippen molar-refractivity contribution in [2.24, 2.45) is 5.73 Å². The van der Waals surface area contributed by atoms with Gasteiger partial charge in [-0.3, -0.25) is 0 Å². The summed E-state index contributed by atoms with van der Waals surface area (Å²) in [7, 11) is 1.36. The molecule has 3 N–H and O–H groups in total. The number of methoxy groups -OCH3 is 1. The van der Waals surface area contributed by atoms with Crippen LogP contribution in [0.2, 0.25) is 0 Å². The fraction of sp³-hybridized carbons (Fsp3) is 0.538. The zero-order valence-electron chi connectivity index (χ0n) is 11.2. The van der Waals surface area contributed by atoms with E-state index in [1.165, 1.54) is 7.11 Å². The molecule has 0 aliphatic carbocycles. The van der Waals surface area contributed by atoms with Gasteiger partial charge in [-0.05, 0) is 25.0 Å². The van der Waals surface area contributed by atoms with Crippen LogP contribution in [0.15, 0.2) is 18.3 Å². The van der Waals surface area contributed by atoms with E-state index in [4.69, 9.17) is 5.73 Å². The summed E-state index contributed by atoms with van der Waals surface area (Å²) in [4.78, 5) is 15.5. The van der Waals surface area contributed by atoms with Crippen molar-refractivity contribution in [1.82, 2.24) is 4.98 Å². The van der Waals surface area contributed by atoms with Gasteiger partial charge in [0, 0.05) is 18.3 Å². The van der Waals surface area contributed by atoms with Crippen molar-refractivity contribution < 1.29 is 9.53 Å². The quantitative estimate of drug-likeness (QED) is 0.754. The molecule has 18 heavy (non-hydrogen) atoms. The Bertz CT molecular complexity index is 403. The van der Waals surface area contributed by atoms with Gasteiger partial charge in [0.05, 0.1) is 12.7 Å². The second-order valence-corrected chi connectivity index (χ2v) is 4.34. The maximum absolute atomic E-state index is 11.4. The molecule has 0 amide bonds. The maximum Gasteiger partial charge on any atom is 0.338 e. The molecule has 0 aromatic carbocycles. The summed E-state index contributed by atoms with van der Waals surface area (Å²) in [5.41, 5.74) is 6.42. The lowest BCUT2D eigenvalue weighted by molar-refractivity contribution is 0.0600. The number of pyridine rings is 1. The van der Waals surface area contributed by atoms with Crippen molar-refractivity contribution in [2.45, 2.75) is 32.2 Å². The van der Waals surface area contributed by atoms with Crippen molar-refractivity contribution in [3.63, 3.8) is 0 Å². The molecule has 1 rings (SSSR count). The highest BCUT2D eigenvalue weighted by Gasteiger charge is 2.20. The zero-order chi connectivity index (χ0) is 13.6. The molecule has 0 aliphatic heterocycles. The second kappa shape index (κ2) is 6.35. The molecule has 100 valence electrons. The third-order valence-corrected chi connectivity index (χ3v) is 3.21. The number of nitrogens with zero attached hydrogens (tertiary/aromatic N) is 1. The Hall–Kier alpha value is -1.62. The van der Waals surface area contributed by atoms with Crippen LogP contribution >= 0.6 is 0 Å². The standard InChI is InChI=1S/C13H21N3O2/c1-4-13(14,5-2)9-16-11-8-10(6-7-15-11)12(17)18-3/h6-8H,4-5,9,14H2,1-3H3,(H,15,16). The van der Waals surface area contributed by atoms with Gasteiger partial charge >= 0.3 is 5.97 Å². The molecule has 0 saturated carbocycles. The summed E-state index contributed by atoms with van der Waals surface area (Å²) in [5, 5.41) is 3.16.